The van der Waals surface area contributed by atoms with Crippen LogP contribution in [0.1, 0.15) is 30.0 Å². The minimum atomic E-state index is 0. The van der Waals surface area contributed by atoms with Crippen LogP contribution in [0.15, 0.2) is 67.3 Å². The first-order chi connectivity index (χ1) is 12.4. The molecule has 0 radical (unpaired) electrons. The van der Waals surface area contributed by atoms with Crippen LogP contribution in [0.5, 0.6) is 5.75 Å². The lowest BCUT2D eigenvalue weighted by atomic mass is 9.99. The molecular weight excluding hydrogens is 379 g/mol. The van der Waals surface area contributed by atoms with Gasteiger partial charge in [-0.3, -0.25) is 4.90 Å². The third-order valence-corrected chi connectivity index (χ3v) is 4.75. The van der Waals surface area contributed by atoms with Gasteiger partial charge in [0.1, 0.15) is 12.4 Å². The third-order valence-electron chi connectivity index (χ3n) is 4.75. The van der Waals surface area contributed by atoms with Crippen LogP contribution in [-0.2, 0) is 6.61 Å². The van der Waals surface area contributed by atoms with Crippen molar-refractivity contribution in [3.8, 4) is 5.75 Å². The highest BCUT2D eigenvalue weighted by Crippen LogP contribution is 2.28. The SMILES string of the molecule is C=CCC[C@H](c1ccc(OCc2ccccc2)cc1)N1CCNCC1.Cl.Cl. The minimum absolute atomic E-state index is 0. The lowest BCUT2D eigenvalue weighted by molar-refractivity contribution is 0.166. The van der Waals surface area contributed by atoms with Crippen molar-refractivity contribution in [2.24, 2.45) is 0 Å². The quantitative estimate of drug-likeness (QED) is 0.620. The number of piperazine rings is 1. The van der Waals surface area contributed by atoms with E-state index in [0.717, 1.165) is 44.8 Å². The summed E-state index contributed by atoms with van der Waals surface area (Å²) in [4.78, 5) is 2.58. The average Bonchev–Trinajstić information content (AvgIpc) is 2.69. The molecule has 0 spiro atoms. The Hall–Kier alpha value is -1.52. The van der Waals surface area contributed by atoms with Gasteiger partial charge in [-0.1, -0.05) is 48.5 Å². The summed E-state index contributed by atoms with van der Waals surface area (Å²) in [5, 5.41) is 3.44. The van der Waals surface area contributed by atoms with E-state index in [0.29, 0.717) is 12.6 Å². The summed E-state index contributed by atoms with van der Waals surface area (Å²) in [5.74, 6) is 0.926. The highest BCUT2D eigenvalue weighted by Gasteiger charge is 2.21. The van der Waals surface area contributed by atoms with Gasteiger partial charge < -0.3 is 10.1 Å². The molecule has 3 rings (SSSR count). The summed E-state index contributed by atoms with van der Waals surface area (Å²) in [7, 11) is 0. The van der Waals surface area contributed by atoms with Crippen molar-refractivity contribution in [2.45, 2.75) is 25.5 Å². The highest BCUT2D eigenvalue weighted by molar-refractivity contribution is 5.85. The maximum absolute atomic E-state index is 5.91. The Morgan fingerprint density at radius 1 is 1.00 bits per heavy atom. The largest absolute Gasteiger partial charge is 0.489 e. The minimum Gasteiger partial charge on any atom is -0.489 e. The molecule has 1 aliphatic rings. The molecule has 0 unspecified atom stereocenters. The van der Waals surface area contributed by atoms with Crippen LogP contribution >= 0.6 is 24.8 Å². The van der Waals surface area contributed by atoms with Crippen molar-refractivity contribution in [3.63, 3.8) is 0 Å². The first-order valence-electron chi connectivity index (χ1n) is 9.19. The van der Waals surface area contributed by atoms with Gasteiger partial charge in [0.25, 0.3) is 0 Å². The molecule has 1 N–H and O–H groups in total. The fourth-order valence-corrected chi connectivity index (χ4v) is 3.36. The van der Waals surface area contributed by atoms with Gasteiger partial charge >= 0.3 is 0 Å². The van der Waals surface area contributed by atoms with E-state index in [1.165, 1.54) is 11.1 Å². The summed E-state index contributed by atoms with van der Waals surface area (Å²) in [6, 6.07) is 19.4. The molecule has 2 aromatic rings. The molecular formula is C22H30Cl2N2O. The topological polar surface area (TPSA) is 24.5 Å². The molecule has 148 valence electrons. The van der Waals surface area contributed by atoms with Gasteiger partial charge in [0.2, 0.25) is 0 Å². The first kappa shape index (κ1) is 23.5. The third kappa shape index (κ3) is 7.19. The molecule has 5 heteroatoms. The van der Waals surface area contributed by atoms with E-state index in [1.807, 2.05) is 24.3 Å². The molecule has 0 amide bonds. The fourth-order valence-electron chi connectivity index (χ4n) is 3.36. The molecule has 1 atom stereocenters. The van der Waals surface area contributed by atoms with Crippen molar-refractivity contribution < 1.29 is 4.74 Å². The fraction of sp³-hybridized carbons (Fsp3) is 0.364. The maximum atomic E-state index is 5.91. The Kier molecular flexibility index (Phi) is 11.1. The Balaban J connectivity index is 0.00000182. The van der Waals surface area contributed by atoms with Crippen LogP contribution in [0.25, 0.3) is 0 Å². The number of benzene rings is 2. The summed E-state index contributed by atoms with van der Waals surface area (Å²) >= 11 is 0. The number of hydrogen-bond donors (Lipinski definition) is 1. The van der Waals surface area contributed by atoms with E-state index < -0.39 is 0 Å². The summed E-state index contributed by atoms with van der Waals surface area (Å²) in [5.41, 5.74) is 2.56. The standard InChI is InChI=1S/C22H28N2O.2ClH/c1-2-3-9-22(24-16-14-23-15-17-24)20-10-12-21(13-11-20)25-18-19-7-5-4-6-8-19;;/h2,4-8,10-13,22-23H,1,3,9,14-18H2;2*1H/t22-;;/m1../s1. The average molecular weight is 409 g/mol. The molecule has 3 nitrogen and oxygen atoms in total. The number of allylic oxidation sites excluding steroid dienone is 1. The van der Waals surface area contributed by atoms with Crippen LogP contribution in [-0.4, -0.2) is 31.1 Å². The zero-order valence-corrected chi connectivity index (χ0v) is 17.3. The molecule has 2 aromatic carbocycles. The summed E-state index contributed by atoms with van der Waals surface area (Å²) in [6.45, 7) is 8.85. The Labute approximate surface area is 175 Å². The van der Waals surface area contributed by atoms with Crippen molar-refractivity contribution in [3.05, 3.63) is 78.4 Å². The van der Waals surface area contributed by atoms with Crippen molar-refractivity contribution in [1.29, 1.82) is 0 Å². The van der Waals surface area contributed by atoms with Crippen molar-refractivity contribution >= 4 is 24.8 Å². The second-order valence-electron chi connectivity index (χ2n) is 6.51. The molecule has 1 aliphatic heterocycles. The van der Waals surface area contributed by atoms with E-state index in [4.69, 9.17) is 4.74 Å². The number of rotatable bonds is 8. The number of nitrogens with zero attached hydrogens (tertiary/aromatic N) is 1. The summed E-state index contributed by atoms with van der Waals surface area (Å²) < 4.78 is 5.91. The summed E-state index contributed by atoms with van der Waals surface area (Å²) in [6.07, 6.45) is 4.18. The molecule has 0 aromatic heterocycles. The van der Waals surface area contributed by atoms with Gasteiger partial charge in [-0.15, -0.1) is 31.4 Å². The van der Waals surface area contributed by atoms with Gasteiger partial charge in [-0.05, 0) is 36.1 Å². The predicted octanol–water partition coefficient (Wildman–Crippen LogP) is 5.02. The molecule has 27 heavy (non-hydrogen) atoms. The van der Waals surface area contributed by atoms with E-state index >= 15 is 0 Å². The van der Waals surface area contributed by atoms with Crippen LogP contribution in [0, 0.1) is 0 Å². The van der Waals surface area contributed by atoms with E-state index in [9.17, 15) is 0 Å². The highest BCUT2D eigenvalue weighted by atomic mass is 35.5. The van der Waals surface area contributed by atoms with Gasteiger partial charge in [0.05, 0.1) is 0 Å². The molecule has 1 heterocycles. The predicted molar refractivity (Wildman–Crippen MR) is 118 cm³/mol. The van der Waals surface area contributed by atoms with E-state index in [-0.39, 0.29) is 24.8 Å². The number of halogens is 2. The molecule has 1 fully saturated rings. The number of hydrogen-bond acceptors (Lipinski definition) is 3. The number of nitrogens with one attached hydrogen (secondary N) is 1. The second-order valence-corrected chi connectivity index (χ2v) is 6.51. The van der Waals surface area contributed by atoms with Crippen molar-refractivity contribution in [1.82, 2.24) is 10.2 Å². The molecule has 0 saturated carbocycles. The maximum Gasteiger partial charge on any atom is 0.119 e. The zero-order valence-electron chi connectivity index (χ0n) is 15.7. The Morgan fingerprint density at radius 2 is 1.67 bits per heavy atom. The first-order valence-corrected chi connectivity index (χ1v) is 9.19. The van der Waals surface area contributed by atoms with Gasteiger partial charge in [-0.25, -0.2) is 0 Å². The molecule has 0 bridgehead atoms. The van der Waals surface area contributed by atoms with E-state index in [1.54, 1.807) is 0 Å². The van der Waals surface area contributed by atoms with Crippen LogP contribution in [0.4, 0.5) is 0 Å². The van der Waals surface area contributed by atoms with Gasteiger partial charge in [-0.2, -0.15) is 0 Å². The monoisotopic (exact) mass is 408 g/mol. The lowest BCUT2D eigenvalue weighted by Crippen LogP contribution is -2.45. The Morgan fingerprint density at radius 3 is 2.30 bits per heavy atom. The molecule has 1 saturated heterocycles. The van der Waals surface area contributed by atoms with Crippen LogP contribution in [0.3, 0.4) is 0 Å². The zero-order chi connectivity index (χ0) is 17.3. The molecule has 0 aliphatic carbocycles. The van der Waals surface area contributed by atoms with Crippen LogP contribution < -0.4 is 10.1 Å². The number of ether oxygens (including phenoxy) is 1. The normalized spacial score (nSPS) is 15.1. The van der Waals surface area contributed by atoms with Gasteiger partial charge in [0.15, 0.2) is 0 Å². The second kappa shape index (κ2) is 12.8. The van der Waals surface area contributed by atoms with Gasteiger partial charge in [0, 0.05) is 32.2 Å². The smallest absolute Gasteiger partial charge is 0.119 e. The lowest BCUT2D eigenvalue weighted by Gasteiger charge is -2.35. The van der Waals surface area contributed by atoms with E-state index in [2.05, 4.69) is 53.2 Å². The van der Waals surface area contributed by atoms with Crippen LogP contribution in [0.2, 0.25) is 0 Å². The van der Waals surface area contributed by atoms with Crippen molar-refractivity contribution in [2.75, 3.05) is 26.2 Å². The Bertz CT molecular complexity index is 643.